The van der Waals surface area contributed by atoms with Crippen LogP contribution in [0.5, 0.6) is 5.88 Å². The highest BCUT2D eigenvalue weighted by Crippen LogP contribution is 2.33. The van der Waals surface area contributed by atoms with Crippen LogP contribution in [-0.2, 0) is 13.2 Å². The summed E-state index contributed by atoms with van der Waals surface area (Å²) in [7, 11) is 1.71. The molecule has 0 atom stereocenters. The molecule has 0 aliphatic heterocycles. The zero-order valence-electron chi connectivity index (χ0n) is 11.0. The summed E-state index contributed by atoms with van der Waals surface area (Å²) in [4.78, 5) is 11.3. The minimum Gasteiger partial charge on any atom is -0.493 e. The number of alkyl halides is 3. The van der Waals surface area contributed by atoms with Crippen molar-refractivity contribution < 1.29 is 18.3 Å². The summed E-state index contributed by atoms with van der Waals surface area (Å²) in [5.74, 6) is -0.424. The van der Waals surface area contributed by atoms with E-state index in [4.69, 9.17) is 0 Å². The van der Waals surface area contributed by atoms with Crippen LogP contribution in [0.15, 0.2) is 23.8 Å². The smallest absolute Gasteiger partial charge is 0.434 e. The van der Waals surface area contributed by atoms with E-state index in [2.05, 4.69) is 20.1 Å². The molecule has 22 heavy (non-hydrogen) atoms. The van der Waals surface area contributed by atoms with Gasteiger partial charge in [0.25, 0.3) is 0 Å². The fourth-order valence-electron chi connectivity index (χ4n) is 1.74. The number of rotatable bonds is 2. The van der Waals surface area contributed by atoms with E-state index in [1.165, 1.54) is 12.3 Å². The Labute approximate surface area is 125 Å². The lowest BCUT2D eigenvalue weighted by Crippen LogP contribution is -2.05. The summed E-state index contributed by atoms with van der Waals surface area (Å²) in [6.45, 7) is 0. The summed E-state index contributed by atoms with van der Waals surface area (Å²) in [5.41, 5.74) is -0.0595. The lowest BCUT2D eigenvalue weighted by molar-refractivity contribution is -0.140. The van der Waals surface area contributed by atoms with Gasteiger partial charge in [-0.15, -0.1) is 11.3 Å². The zero-order chi connectivity index (χ0) is 15.9. The van der Waals surface area contributed by atoms with Crippen LogP contribution in [0.1, 0.15) is 5.69 Å². The van der Waals surface area contributed by atoms with Crippen molar-refractivity contribution in [2.24, 2.45) is 7.05 Å². The van der Waals surface area contributed by atoms with Crippen LogP contribution >= 0.6 is 11.3 Å². The van der Waals surface area contributed by atoms with Crippen molar-refractivity contribution in [3.8, 4) is 28.0 Å². The van der Waals surface area contributed by atoms with Crippen LogP contribution in [0.3, 0.4) is 0 Å². The quantitative estimate of drug-likeness (QED) is 0.783. The van der Waals surface area contributed by atoms with Crippen LogP contribution in [0, 0.1) is 0 Å². The Kier molecular flexibility index (Phi) is 3.32. The van der Waals surface area contributed by atoms with Crippen LogP contribution in [0.2, 0.25) is 0 Å². The molecule has 0 aliphatic carbocycles. The highest BCUT2D eigenvalue weighted by molar-refractivity contribution is 7.13. The number of aromatic hydroxyl groups is 1. The molecular formula is C12H8F3N5OS. The van der Waals surface area contributed by atoms with Crippen molar-refractivity contribution in [3.63, 3.8) is 0 Å². The maximum absolute atomic E-state index is 12.6. The van der Waals surface area contributed by atoms with Gasteiger partial charge in [-0.1, -0.05) is 0 Å². The van der Waals surface area contributed by atoms with E-state index in [9.17, 15) is 18.3 Å². The fraction of sp³-hybridized carbons (Fsp3) is 0.167. The summed E-state index contributed by atoms with van der Waals surface area (Å²) in [5, 5.41) is 14.5. The van der Waals surface area contributed by atoms with E-state index < -0.39 is 11.9 Å². The molecule has 0 spiro atoms. The van der Waals surface area contributed by atoms with Crippen molar-refractivity contribution in [2.45, 2.75) is 6.18 Å². The summed E-state index contributed by atoms with van der Waals surface area (Å²) in [6.07, 6.45) is -1.35. The predicted octanol–water partition coefficient (Wildman–Crippen LogP) is 2.73. The lowest BCUT2D eigenvalue weighted by Gasteiger charge is -2.02. The molecule has 0 fully saturated rings. The van der Waals surface area contributed by atoms with Crippen molar-refractivity contribution in [1.82, 2.24) is 24.7 Å². The third kappa shape index (κ3) is 2.77. The van der Waals surface area contributed by atoms with Gasteiger partial charge < -0.3 is 5.11 Å². The van der Waals surface area contributed by atoms with Gasteiger partial charge in [-0.3, -0.25) is 4.68 Å². The van der Waals surface area contributed by atoms with E-state index in [-0.39, 0.29) is 16.7 Å². The highest BCUT2D eigenvalue weighted by Gasteiger charge is 2.34. The van der Waals surface area contributed by atoms with E-state index >= 15 is 0 Å². The minimum absolute atomic E-state index is 0.0200. The second kappa shape index (κ2) is 5.05. The Morgan fingerprint density at radius 2 is 2.00 bits per heavy atom. The third-order valence-electron chi connectivity index (χ3n) is 2.70. The van der Waals surface area contributed by atoms with E-state index in [1.54, 1.807) is 17.9 Å². The standard InChI is InChI=1S/C12H8F3N5OS/c1-20-4-6(3-16-20)7-2-9(21)19-10(17-7)11-18-8(5-22-11)12(13,14)15/h2-5H,1H3,(H,17,19,21). The largest absolute Gasteiger partial charge is 0.493 e. The second-order valence-corrected chi connectivity index (χ2v) is 5.23. The molecule has 3 heterocycles. The number of hydrogen-bond donors (Lipinski definition) is 1. The number of nitrogens with zero attached hydrogens (tertiary/aromatic N) is 5. The maximum atomic E-state index is 12.6. The monoisotopic (exact) mass is 327 g/mol. The lowest BCUT2D eigenvalue weighted by atomic mass is 10.2. The first-order chi connectivity index (χ1) is 10.3. The number of halogens is 3. The molecule has 0 radical (unpaired) electrons. The molecule has 0 aromatic carbocycles. The van der Waals surface area contributed by atoms with E-state index in [0.717, 1.165) is 16.7 Å². The highest BCUT2D eigenvalue weighted by atomic mass is 32.1. The molecule has 0 saturated carbocycles. The molecule has 0 saturated heterocycles. The molecule has 10 heteroatoms. The Bertz CT molecular complexity index is 826. The van der Waals surface area contributed by atoms with Crippen LogP contribution < -0.4 is 0 Å². The average Bonchev–Trinajstić information content (AvgIpc) is 3.05. The van der Waals surface area contributed by atoms with Crippen LogP contribution in [0.25, 0.3) is 22.1 Å². The molecule has 6 nitrogen and oxygen atoms in total. The Morgan fingerprint density at radius 3 is 2.59 bits per heavy atom. The molecule has 3 rings (SSSR count). The Morgan fingerprint density at radius 1 is 1.23 bits per heavy atom. The first kappa shape index (κ1) is 14.4. The Hall–Kier alpha value is -2.49. The van der Waals surface area contributed by atoms with Gasteiger partial charge in [0.1, 0.15) is 0 Å². The van der Waals surface area contributed by atoms with Crippen LogP contribution in [0.4, 0.5) is 13.2 Å². The fourth-order valence-corrected chi connectivity index (χ4v) is 2.50. The van der Waals surface area contributed by atoms with Gasteiger partial charge in [-0.05, 0) is 0 Å². The minimum atomic E-state index is -4.53. The van der Waals surface area contributed by atoms with Crippen molar-refractivity contribution in [1.29, 1.82) is 0 Å². The SMILES string of the molecule is Cn1cc(-c2cc(O)nc(-c3nc(C(F)(F)F)cs3)n2)cn1. The summed E-state index contributed by atoms with van der Waals surface area (Å²) in [6, 6.07) is 1.30. The second-order valence-electron chi connectivity index (χ2n) is 4.37. The molecule has 114 valence electrons. The van der Waals surface area contributed by atoms with E-state index in [1.807, 2.05) is 0 Å². The molecule has 3 aromatic rings. The average molecular weight is 327 g/mol. The molecule has 1 N–H and O–H groups in total. The normalized spacial score (nSPS) is 11.8. The number of aromatic nitrogens is 5. The maximum Gasteiger partial charge on any atom is 0.434 e. The third-order valence-corrected chi connectivity index (χ3v) is 3.54. The van der Waals surface area contributed by atoms with Crippen molar-refractivity contribution in [3.05, 3.63) is 29.5 Å². The van der Waals surface area contributed by atoms with Gasteiger partial charge in [0, 0.05) is 30.3 Å². The molecule has 0 bridgehead atoms. The number of thiazole rings is 1. The van der Waals surface area contributed by atoms with Gasteiger partial charge in [0.05, 0.1) is 11.9 Å². The Balaban J connectivity index is 2.04. The summed E-state index contributed by atoms with van der Waals surface area (Å²) < 4.78 is 39.3. The van der Waals surface area contributed by atoms with Gasteiger partial charge in [0.15, 0.2) is 16.5 Å². The molecular weight excluding hydrogens is 319 g/mol. The van der Waals surface area contributed by atoms with Gasteiger partial charge in [-0.25, -0.2) is 9.97 Å². The van der Waals surface area contributed by atoms with Gasteiger partial charge in [0.2, 0.25) is 5.88 Å². The molecule has 3 aromatic heterocycles. The van der Waals surface area contributed by atoms with Crippen LogP contribution in [-0.4, -0.2) is 29.8 Å². The topological polar surface area (TPSA) is 76.7 Å². The number of aryl methyl sites for hydroxylation is 1. The molecule has 0 aliphatic rings. The van der Waals surface area contributed by atoms with Crippen molar-refractivity contribution >= 4 is 11.3 Å². The van der Waals surface area contributed by atoms with Crippen molar-refractivity contribution in [2.75, 3.05) is 0 Å². The van der Waals surface area contributed by atoms with E-state index in [0.29, 0.717) is 11.3 Å². The van der Waals surface area contributed by atoms with Gasteiger partial charge >= 0.3 is 6.18 Å². The molecule has 0 unspecified atom stereocenters. The first-order valence-corrected chi connectivity index (χ1v) is 6.81. The first-order valence-electron chi connectivity index (χ1n) is 5.93. The zero-order valence-corrected chi connectivity index (χ0v) is 11.9. The summed E-state index contributed by atoms with van der Waals surface area (Å²) >= 11 is 0.759. The number of hydrogen-bond acceptors (Lipinski definition) is 6. The molecule has 0 amide bonds. The predicted molar refractivity (Wildman–Crippen MR) is 72.0 cm³/mol. The van der Waals surface area contributed by atoms with Gasteiger partial charge in [-0.2, -0.15) is 23.3 Å².